The number of benzene rings is 1. The van der Waals surface area contributed by atoms with E-state index in [1.54, 1.807) is 7.11 Å². The van der Waals surface area contributed by atoms with Crippen LogP contribution in [0.5, 0.6) is 0 Å². The van der Waals surface area contributed by atoms with Crippen LogP contribution in [0.25, 0.3) is 0 Å². The number of amides is 1. The Morgan fingerprint density at radius 2 is 2.32 bits per heavy atom. The van der Waals surface area contributed by atoms with Gasteiger partial charge < -0.3 is 19.9 Å². The first-order chi connectivity index (χ1) is 12.2. The molecule has 1 aromatic heterocycles. The Bertz CT molecular complexity index is 716. The zero-order chi connectivity index (χ0) is 17.6. The molecule has 0 saturated carbocycles. The molecule has 2 heterocycles. The van der Waals surface area contributed by atoms with E-state index < -0.39 is 0 Å². The summed E-state index contributed by atoms with van der Waals surface area (Å²) in [4.78, 5) is 16.4. The molecule has 2 N–H and O–H groups in total. The third-order valence-corrected chi connectivity index (χ3v) is 4.49. The molecule has 1 aliphatic heterocycles. The average molecular weight is 344 g/mol. The molecular weight excluding hydrogens is 320 g/mol. The first-order valence-corrected chi connectivity index (χ1v) is 8.60. The molecule has 1 aliphatic rings. The molecule has 2 atom stereocenters. The van der Waals surface area contributed by atoms with E-state index in [2.05, 4.69) is 39.0 Å². The van der Waals surface area contributed by atoms with Crippen LogP contribution in [0, 0.1) is 0 Å². The van der Waals surface area contributed by atoms with Gasteiger partial charge in [0.05, 0.1) is 0 Å². The van der Waals surface area contributed by atoms with Gasteiger partial charge in [-0.05, 0) is 31.0 Å². The number of hydrogen-bond acceptors (Lipinski definition) is 6. The van der Waals surface area contributed by atoms with Crippen LogP contribution < -0.4 is 10.6 Å². The number of rotatable bonds is 7. The lowest BCUT2D eigenvalue weighted by molar-refractivity contribution is -0.121. The van der Waals surface area contributed by atoms with Crippen molar-refractivity contribution >= 4 is 5.91 Å². The van der Waals surface area contributed by atoms with Crippen LogP contribution in [0.4, 0.5) is 0 Å². The lowest BCUT2D eigenvalue weighted by atomic mass is 9.94. The van der Waals surface area contributed by atoms with Gasteiger partial charge in [-0.3, -0.25) is 4.79 Å². The van der Waals surface area contributed by atoms with Crippen molar-refractivity contribution in [3.05, 3.63) is 47.1 Å². The first-order valence-electron chi connectivity index (χ1n) is 8.60. The highest BCUT2D eigenvalue weighted by Crippen LogP contribution is 2.21. The highest BCUT2D eigenvalue weighted by molar-refractivity contribution is 5.76. The van der Waals surface area contributed by atoms with Crippen molar-refractivity contribution in [3.63, 3.8) is 0 Å². The Kier molecular flexibility index (Phi) is 5.78. The van der Waals surface area contributed by atoms with Gasteiger partial charge in [0.2, 0.25) is 11.8 Å². The van der Waals surface area contributed by atoms with Crippen LogP contribution in [0.3, 0.4) is 0 Å². The monoisotopic (exact) mass is 344 g/mol. The van der Waals surface area contributed by atoms with Gasteiger partial charge in [0.1, 0.15) is 6.10 Å². The van der Waals surface area contributed by atoms with Crippen molar-refractivity contribution < 1.29 is 14.1 Å². The zero-order valence-electron chi connectivity index (χ0n) is 14.6. The standard InChI is InChI=1S/C18H24N4O3/c1-12(24-2)18-21-17(25-22-18)8-7-16(23)20-11-15-14-6-4-3-5-13(14)9-10-19-15/h3-6,12,15,19H,7-11H2,1-2H3,(H,20,23). The molecule has 2 aromatic rings. The minimum absolute atomic E-state index is 0.0237. The molecule has 25 heavy (non-hydrogen) atoms. The molecule has 0 spiro atoms. The molecule has 1 aromatic carbocycles. The summed E-state index contributed by atoms with van der Waals surface area (Å²) in [6.07, 6.45) is 1.55. The summed E-state index contributed by atoms with van der Waals surface area (Å²) in [7, 11) is 1.59. The van der Waals surface area contributed by atoms with Crippen LogP contribution in [0.2, 0.25) is 0 Å². The predicted molar refractivity (Wildman–Crippen MR) is 91.9 cm³/mol. The fraction of sp³-hybridized carbons (Fsp3) is 0.500. The molecule has 0 bridgehead atoms. The number of aryl methyl sites for hydroxylation is 1. The van der Waals surface area contributed by atoms with Gasteiger partial charge in [-0.2, -0.15) is 4.98 Å². The lowest BCUT2D eigenvalue weighted by Crippen LogP contribution is -2.38. The number of carbonyl (C=O) groups is 1. The SMILES string of the molecule is COC(C)c1noc(CCC(=O)NCC2NCCc3ccccc32)n1. The Hall–Kier alpha value is -2.25. The fourth-order valence-corrected chi connectivity index (χ4v) is 2.94. The van der Waals surface area contributed by atoms with Gasteiger partial charge in [-0.15, -0.1) is 0 Å². The summed E-state index contributed by atoms with van der Waals surface area (Å²) in [5.41, 5.74) is 2.62. The van der Waals surface area contributed by atoms with Crippen LogP contribution >= 0.6 is 0 Å². The van der Waals surface area contributed by atoms with E-state index in [1.165, 1.54) is 11.1 Å². The van der Waals surface area contributed by atoms with Crippen LogP contribution in [-0.4, -0.2) is 36.2 Å². The quantitative estimate of drug-likeness (QED) is 0.795. The van der Waals surface area contributed by atoms with Crippen molar-refractivity contribution in [3.8, 4) is 0 Å². The Labute approximate surface area is 147 Å². The largest absolute Gasteiger partial charge is 0.374 e. The summed E-state index contributed by atoms with van der Waals surface area (Å²) in [5, 5.41) is 10.3. The van der Waals surface area contributed by atoms with Gasteiger partial charge in [-0.25, -0.2) is 0 Å². The van der Waals surface area contributed by atoms with Crippen molar-refractivity contribution in [1.29, 1.82) is 0 Å². The summed E-state index contributed by atoms with van der Waals surface area (Å²) < 4.78 is 10.3. The van der Waals surface area contributed by atoms with Crippen LogP contribution in [0.15, 0.2) is 28.8 Å². The average Bonchev–Trinajstić information content (AvgIpc) is 3.13. The third-order valence-electron chi connectivity index (χ3n) is 4.49. The molecule has 0 fully saturated rings. The molecule has 1 amide bonds. The van der Waals surface area contributed by atoms with Crippen molar-refractivity contribution in [2.24, 2.45) is 0 Å². The second kappa shape index (κ2) is 8.22. The number of hydrogen-bond donors (Lipinski definition) is 2. The summed E-state index contributed by atoms with van der Waals surface area (Å²) >= 11 is 0. The van der Waals surface area contributed by atoms with Crippen LogP contribution in [0.1, 0.15) is 48.3 Å². The van der Waals surface area contributed by atoms with Gasteiger partial charge in [0, 0.05) is 32.5 Å². The van der Waals surface area contributed by atoms with Gasteiger partial charge in [-0.1, -0.05) is 29.4 Å². The molecule has 7 nitrogen and oxygen atoms in total. The molecular formula is C18H24N4O3. The molecule has 0 aliphatic carbocycles. The van der Waals surface area contributed by atoms with E-state index in [0.29, 0.717) is 31.1 Å². The smallest absolute Gasteiger partial charge is 0.227 e. The number of ether oxygens (including phenoxy) is 1. The highest BCUT2D eigenvalue weighted by atomic mass is 16.5. The topological polar surface area (TPSA) is 89.3 Å². The lowest BCUT2D eigenvalue weighted by Gasteiger charge is -2.27. The number of nitrogens with one attached hydrogen (secondary N) is 2. The minimum Gasteiger partial charge on any atom is -0.374 e. The fourth-order valence-electron chi connectivity index (χ4n) is 2.94. The Morgan fingerprint density at radius 1 is 1.48 bits per heavy atom. The van der Waals surface area contributed by atoms with Crippen molar-refractivity contribution in [1.82, 2.24) is 20.8 Å². The highest BCUT2D eigenvalue weighted by Gasteiger charge is 2.20. The van der Waals surface area contributed by atoms with E-state index in [0.717, 1.165) is 13.0 Å². The van der Waals surface area contributed by atoms with E-state index >= 15 is 0 Å². The number of aromatic nitrogens is 2. The molecule has 3 rings (SSSR count). The van der Waals surface area contributed by atoms with Crippen LogP contribution in [-0.2, 0) is 22.4 Å². The maximum absolute atomic E-state index is 12.1. The van der Waals surface area contributed by atoms with E-state index in [4.69, 9.17) is 9.26 Å². The molecule has 2 unspecified atom stereocenters. The van der Waals surface area contributed by atoms with E-state index in [9.17, 15) is 4.79 Å². The van der Waals surface area contributed by atoms with Crippen molar-refractivity contribution in [2.45, 2.75) is 38.3 Å². The Morgan fingerprint density at radius 3 is 3.16 bits per heavy atom. The first kappa shape index (κ1) is 17.6. The van der Waals surface area contributed by atoms with E-state index in [-0.39, 0.29) is 18.1 Å². The maximum atomic E-state index is 12.1. The maximum Gasteiger partial charge on any atom is 0.227 e. The molecule has 7 heteroatoms. The Balaban J connectivity index is 1.47. The molecule has 0 saturated heterocycles. The number of carbonyl (C=O) groups excluding carboxylic acids is 1. The minimum atomic E-state index is -0.219. The van der Waals surface area contributed by atoms with Gasteiger partial charge in [0.25, 0.3) is 0 Å². The number of fused-ring (bicyclic) bond motifs is 1. The number of methoxy groups -OCH3 is 1. The van der Waals surface area contributed by atoms with Crippen molar-refractivity contribution in [2.75, 3.05) is 20.2 Å². The summed E-state index contributed by atoms with van der Waals surface area (Å²) in [6, 6.07) is 8.53. The van der Waals surface area contributed by atoms with Gasteiger partial charge >= 0.3 is 0 Å². The summed E-state index contributed by atoms with van der Waals surface area (Å²) in [6.45, 7) is 3.35. The number of nitrogens with zero attached hydrogens (tertiary/aromatic N) is 2. The predicted octanol–water partition coefficient (Wildman–Crippen LogP) is 1.71. The third kappa shape index (κ3) is 4.43. The second-order valence-corrected chi connectivity index (χ2v) is 6.18. The zero-order valence-corrected chi connectivity index (χ0v) is 14.6. The normalized spacial score (nSPS) is 17.8. The van der Waals surface area contributed by atoms with Gasteiger partial charge in [0.15, 0.2) is 5.82 Å². The van der Waals surface area contributed by atoms with E-state index in [1.807, 2.05) is 13.0 Å². The second-order valence-electron chi connectivity index (χ2n) is 6.18. The summed E-state index contributed by atoms with van der Waals surface area (Å²) in [5.74, 6) is 0.931. The molecule has 134 valence electrons. The molecule has 0 radical (unpaired) electrons.